The molecule has 0 bridgehead atoms. The lowest BCUT2D eigenvalue weighted by Gasteiger charge is -2.06. The van der Waals surface area contributed by atoms with Gasteiger partial charge in [0.05, 0.1) is 6.54 Å². The van der Waals surface area contributed by atoms with Crippen molar-refractivity contribution >= 4 is 5.91 Å². The Kier molecular flexibility index (Phi) is 6.93. The van der Waals surface area contributed by atoms with Crippen LogP contribution in [0.15, 0.2) is 24.5 Å². The second kappa shape index (κ2) is 8.66. The molecule has 2 N–H and O–H groups in total. The normalized spacial score (nSPS) is 10.2. The lowest BCUT2D eigenvalue weighted by Crippen LogP contribution is -2.34. The molecule has 0 aliphatic rings. The number of nitrogens with zero attached hydrogens (tertiary/aromatic N) is 1. The van der Waals surface area contributed by atoms with E-state index < -0.39 is 0 Å². The van der Waals surface area contributed by atoms with Gasteiger partial charge < -0.3 is 15.4 Å². The van der Waals surface area contributed by atoms with Crippen LogP contribution in [0, 0.1) is 0 Å². The molecule has 1 heterocycles. The van der Waals surface area contributed by atoms with Gasteiger partial charge in [0.1, 0.15) is 0 Å². The molecule has 0 aliphatic carbocycles. The Bertz CT molecular complexity index is 317. The maximum Gasteiger partial charge on any atom is 0.233 e. The highest BCUT2D eigenvalue weighted by Gasteiger charge is 1.99. The van der Waals surface area contributed by atoms with Crippen LogP contribution < -0.4 is 10.6 Å². The first kappa shape index (κ1) is 13.6. The van der Waals surface area contributed by atoms with Crippen molar-refractivity contribution in [1.29, 1.82) is 0 Å². The highest BCUT2D eigenvalue weighted by molar-refractivity contribution is 5.77. The maximum atomic E-state index is 11.4. The van der Waals surface area contributed by atoms with Crippen LogP contribution in [0.25, 0.3) is 0 Å². The summed E-state index contributed by atoms with van der Waals surface area (Å²) in [5.74, 6) is 0.00462. The summed E-state index contributed by atoms with van der Waals surface area (Å²) in [7, 11) is 1.65. The highest BCUT2D eigenvalue weighted by atomic mass is 16.5. The van der Waals surface area contributed by atoms with E-state index in [1.165, 1.54) is 0 Å². The number of hydrogen-bond acceptors (Lipinski definition) is 4. The van der Waals surface area contributed by atoms with Crippen molar-refractivity contribution < 1.29 is 9.53 Å². The summed E-state index contributed by atoms with van der Waals surface area (Å²) in [6, 6.07) is 3.85. The molecule has 1 rings (SSSR count). The van der Waals surface area contributed by atoms with Crippen LogP contribution in [0.4, 0.5) is 0 Å². The number of carbonyl (C=O) groups excluding carboxylic acids is 1. The fraction of sp³-hybridized carbons (Fsp3) is 0.500. The zero-order chi connectivity index (χ0) is 12.3. The van der Waals surface area contributed by atoms with Gasteiger partial charge in [-0.05, 0) is 18.1 Å². The van der Waals surface area contributed by atoms with E-state index >= 15 is 0 Å². The van der Waals surface area contributed by atoms with Crippen LogP contribution in [0.1, 0.15) is 12.0 Å². The Balaban J connectivity index is 2.04. The summed E-state index contributed by atoms with van der Waals surface area (Å²) in [5, 5.41) is 5.87. The third kappa shape index (κ3) is 6.65. The van der Waals surface area contributed by atoms with Crippen molar-refractivity contribution in [2.75, 3.05) is 26.8 Å². The van der Waals surface area contributed by atoms with Crippen LogP contribution >= 0.6 is 0 Å². The molecule has 5 heteroatoms. The number of ether oxygens (including phenoxy) is 1. The second-order valence-corrected chi connectivity index (χ2v) is 3.66. The van der Waals surface area contributed by atoms with Crippen molar-refractivity contribution in [1.82, 2.24) is 15.6 Å². The predicted octanol–water partition coefficient (Wildman–Crippen LogP) is 0.324. The van der Waals surface area contributed by atoms with Gasteiger partial charge in [-0.1, -0.05) is 6.07 Å². The minimum Gasteiger partial charge on any atom is -0.385 e. The molecule has 1 amide bonds. The van der Waals surface area contributed by atoms with E-state index in [2.05, 4.69) is 15.6 Å². The smallest absolute Gasteiger partial charge is 0.233 e. The monoisotopic (exact) mass is 237 g/mol. The summed E-state index contributed by atoms with van der Waals surface area (Å²) in [4.78, 5) is 15.4. The van der Waals surface area contributed by atoms with E-state index in [9.17, 15) is 4.79 Å². The predicted molar refractivity (Wildman–Crippen MR) is 65.4 cm³/mol. The summed E-state index contributed by atoms with van der Waals surface area (Å²) in [6.07, 6.45) is 4.35. The molecule has 0 atom stereocenters. The van der Waals surface area contributed by atoms with Crippen LogP contribution in [-0.2, 0) is 16.1 Å². The topological polar surface area (TPSA) is 63.2 Å². The number of pyridine rings is 1. The van der Waals surface area contributed by atoms with Gasteiger partial charge in [0.15, 0.2) is 0 Å². The van der Waals surface area contributed by atoms with E-state index in [0.717, 1.165) is 12.0 Å². The summed E-state index contributed by atoms with van der Waals surface area (Å²) in [6.45, 7) is 2.30. The number of aromatic nitrogens is 1. The van der Waals surface area contributed by atoms with Crippen molar-refractivity contribution in [2.24, 2.45) is 0 Å². The Morgan fingerprint density at radius 1 is 1.53 bits per heavy atom. The zero-order valence-electron chi connectivity index (χ0n) is 10.1. The number of hydrogen-bond donors (Lipinski definition) is 2. The lowest BCUT2D eigenvalue weighted by molar-refractivity contribution is -0.120. The molecule has 0 fully saturated rings. The van der Waals surface area contributed by atoms with Gasteiger partial charge in [0.2, 0.25) is 5.91 Å². The van der Waals surface area contributed by atoms with Gasteiger partial charge in [-0.3, -0.25) is 9.78 Å². The Hall–Kier alpha value is -1.46. The van der Waals surface area contributed by atoms with Gasteiger partial charge in [-0.15, -0.1) is 0 Å². The Morgan fingerprint density at radius 2 is 2.41 bits per heavy atom. The minimum atomic E-state index is 0.00462. The van der Waals surface area contributed by atoms with Crippen molar-refractivity contribution in [3.05, 3.63) is 30.1 Å². The number of amides is 1. The number of methoxy groups -OCH3 is 1. The first-order valence-electron chi connectivity index (χ1n) is 5.68. The molecule has 0 saturated heterocycles. The number of carbonyl (C=O) groups is 1. The molecular weight excluding hydrogens is 218 g/mol. The van der Waals surface area contributed by atoms with Crippen molar-refractivity contribution in [2.45, 2.75) is 13.0 Å². The Morgan fingerprint density at radius 3 is 3.12 bits per heavy atom. The zero-order valence-corrected chi connectivity index (χ0v) is 10.1. The number of rotatable bonds is 8. The molecule has 94 valence electrons. The van der Waals surface area contributed by atoms with Crippen LogP contribution in [0.5, 0.6) is 0 Å². The lowest BCUT2D eigenvalue weighted by atomic mass is 10.3. The third-order valence-corrected chi connectivity index (χ3v) is 2.18. The summed E-state index contributed by atoms with van der Waals surface area (Å²) in [5.41, 5.74) is 1.07. The highest BCUT2D eigenvalue weighted by Crippen LogP contribution is 1.93. The average molecular weight is 237 g/mol. The number of nitrogens with one attached hydrogen (secondary N) is 2. The molecule has 0 saturated carbocycles. The van der Waals surface area contributed by atoms with E-state index in [-0.39, 0.29) is 5.91 Å². The molecule has 5 nitrogen and oxygen atoms in total. The average Bonchev–Trinajstić information content (AvgIpc) is 2.36. The van der Waals surface area contributed by atoms with E-state index in [4.69, 9.17) is 4.74 Å². The van der Waals surface area contributed by atoms with Crippen LogP contribution in [-0.4, -0.2) is 37.7 Å². The molecule has 0 spiro atoms. The van der Waals surface area contributed by atoms with E-state index in [1.807, 2.05) is 12.1 Å². The maximum absolute atomic E-state index is 11.4. The molecule has 0 unspecified atom stereocenters. The summed E-state index contributed by atoms with van der Waals surface area (Å²) < 4.78 is 4.89. The molecule has 17 heavy (non-hydrogen) atoms. The van der Waals surface area contributed by atoms with Crippen molar-refractivity contribution in [3.8, 4) is 0 Å². The van der Waals surface area contributed by atoms with Crippen LogP contribution in [0.3, 0.4) is 0 Å². The van der Waals surface area contributed by atoms with Gasteiger partial charge in [0, 0.05) is 39.2 Å². The third-order valence-electron chi connectivity index (χ3n) is 2.18. The van der Waals surface area contributed by atoms with E-state index in [0.29, 0.717) is 26.2 Å². The molecule has 0 aliphatic heterocycles. The van der Waals surface area contributed by atoms with Gasteiger partial charge in [-0.2, -0.15) is 0 Å². The fourth-order valence-electron chi connectivity index (χ4n) is 1.33. The quantitative estimate of drug-likeness (QED) is 0.639. The largest absolute Gasteiger partial charge is 0.385 e. The molecule has 0 radical (unpaired) electrons. The standard InChI is InChI=1S/C12H19N3O2/c1-17-7-3-6-15-12(16)10-14-9-11-4-2-5-13-8-11/h2,4-5,8,14H,3,6-7,9-10H2,1H3,(H,15,16). The SMILES string of the molecule is COCCCNC(=O)CNCc1cccnc1. The van der Waals surface area contributed by atoms with Crippen molar-refractivity contribution in [3.63, 3.8) is 0 Å². The first-order valence-corrected chi connectivity index (χ1v) is 5.68. The fourth-order valence-corrected chi connectivity index (χ4v) is 1.33. The van der Waals surface area contributed by atoms with Gasteiger partial charge >= 0.3 is 0 Å². The van der Waals surface area contributed by atoms with Gasteiger partial charge in [-0.25, -0.2) is 0 Å². The minimum absolute atomic E-state index is 0.00462. The Labute approximate surface area is 102 Å². The molecule has 1 aromatic rings. The van der Waals surface area contributed by atoms with Crippen LogP contribution in [0.2, 0.25) is 0 Å². The summed E-state index contributed by atoms with van der Waals surface area (Å²) >= 11 is 0. The molecular formula is C12H19N3O2. The molecule has 1 aromatic heterocycles. The first-order chi connectivity index (χ1) is 8.33. The van der Waals surface area contributed by atoms with Gasteiger partial charge in [0.25, 0.3) is 0 Å². The second-order valence-electron chi connectivity index (χ2n) is 3.66. The molecule has 0 aromatic carbocycles. The van der Waals surface area contributed by atoms with E-state index in [1.54, 1.807) is 19.5 Å².